The SMILES string of the molecule is CCCC/C=C\CCCCCCCC(=O)OCCCCCCCCCCCCCCCCCCCCCCCCCCCCCCCCC(=O)NC(CO)C(O)CCCCCCCCCCCCC. The van der Waals surface area contributed by atoms with Crippen molar-refractivity contribution in [2.45, 2.75) is 366 Å². The zero-order valence-corrected chi connectivity index (χ0v) is 46.8. The van der Waals surface area contributed by atoms with Gasteiger partial charge in [0.15, 0.2) is 0 Å². The minimum Gasteiger partial charge on any atom is -0.466 e. The normalized spacial score (nSPS) is 12.6. The first kappa shape index (κ1) is 67.6. The zero-order valence-electron chi connectivity index (χ0n) is 46.8. The molecule has 0 aliphatic rings. The monoisotopic (exact) mass is 974 g/mol. The van der Waals surface area contributed by atoms with Crippen LogP contribution in [0.1, 0.15) is 354 Å². The van der Waals surface area contributed by atoms with Crippen LogP contribution in [0.4, 0.5) is 0 Å². The van der Waals surface area contributed by atoms with Gasteiger partial charge in [0.25, 0.3) is 0 Å². The molecule has 69 heavy (non-hydrogen) atoms. The number of hydrogen-bond donors (Lipinski definition) is 3. The summed E-state index contributed by atoms with van der Waals surface area (Å²) in [5, 5.41) is 23.2. The van der Waals surface area contributed by atoms with Crippen molar-refractivity contribution < 1.29 is 24.5 Å². The lowest BCUT2D eigenvalue weighted by Crippen LogP contribution is -2.45. The highest BCUT2D eigenvalue weighted by Crippen LogP contribution is 2.18. The summed E-state index contributed by atoms with van der Waals surface area (Å²) >= 11 is 0. The van der Waals surface area contributed by atoms with Crippen LogP contribution in [-0.4, -0.2) is 47.4 Å². The predicted molar refractivity (Wildman–Crippen MR) is 301 cm³/mol. The summed E-state index contributed by atoms with van der Waals surface area (Å²) in [6, 6.07) is -0.536. The summed E-state index contributed by atoms with van der Waals surface area (Å²) < 4.78 is 5.46. The minimum absolute atomic E-state index is 0.00930. The quantitative estimate of drug-likeness (QED) is 0.0321. The lowest BCUT2D eigenvalue weighted by Gasteiger charge is -2.22. The predicted octanol–water partition coefficient (Wildman–Crippen LogP) is 19.6. The van der Waals surface area contributed by atoms with Gasteiger partial charge in [-0.05, 0) is 44.9 Å². The van der Waals surface area contributed by atoms with E-state index in [9.17, 15) is 19.8 Å². The van der Waals surface area contributed by atoms with Crippen molar-refractivity contribution in [1.82, 2.24) is 5.32 Å². The first-order valence-electron chi connectivity index (χ1n) is 31.4. The van der Waals surface area contributed by atoms with Gasteiger partial charge >= 0.3 is 5.97 Å². The number of carbonyl (C=O) groups excluding carboxylic acids is 2. The van der Waals surface area contributed by atoms with E-state index in [1.54, 1.807) is 0 Å². The molecule has 2 atom stereocenters. The fourth-order valence-electron chi connectivity index (χ4n) is 9.98. The van der Waals surface area contributed by atoms with Crippen molar-refractivity contribution >= 4 is 11.9 Å². The fraction of sp³-hybridized carbons (Fsp3) is 0.937. The Kier molecular flexibility index (Phi) is 58.0. The number of unbranched alkanes of at least 4 members (excludes halogenated alkanes) is 46. The van der Waals surface area contributed by atoms with Crippen LogP contribution in [0, 0.1) is 0 Å². The molecule has 0 radical (unpaired) electrons. The summed E-state index contributed by atoms with van der Waals surface area (Å²) in [7, 11) is 0. The molecule has 0 aromatic rings. The van der Waals surface area contributed by atoms with Crippen LogP contribution in [0.15, 0.2) is 12.2 Å². The van der Waals surface area contributed by atoms with E-state index >= 15 is 0 Å². The van der Waals surface area contributed by atoms with E-state index in [0.717, 1.165) is 44.9 Å². The van der Waals surface area contributed by atoms with Gasteiger partial charge in [-0.25, -0.2) is 0 Å². The van der Waals surface area contributed by atoms with Crippen LogP contribution < -0.4 is 5.32 Å². The Hall–Kier alpha value is -1.40. The first-order valence-corrected chi connectivity index (χ1v) is 31.4. The van der Waals surface area contributed by atoms with Gasteiger partial charge in [-0.15, -0.1) is 0 Å². The third-order valence-electron chi connectivity index (χ3n) is 14.8. The Morgan fingerprint density at radius 1 is 0.391 bits per heavy atom. The van der Waals surface area contributed by atoms with E-state index in [1.165, 1.54) is 276 Å². The van der Waals surface area contributed by atoms with Gasteiger partial charge in [0, 0.05) is 12.8 Å². The fourth-order valence-corrected chi connectivity index (χ4v) is 9.98. The van der Waals surface area contributed by atoms with Gasteiger partial charge < -0.3 is 20.3 Å². The van der Waals surface area contributed by atoms with Crippen LogP contribution in [0.25, 0.3) is 0 Å². The molecular formula is C63H123NO5. The molecular weight excluding hydrogens is 851 g/mol. The van der Waals surface area contributed by atoms with Crippen molar-refractivity contribution in [3.63, 3.8) is 0 Å². The molecule has 2 unspecified atom stereocenters. The van der Waals surface area contributed by atoms with Gasteiger partial charge in [-0.2, -0.15) is 0 Å². The van der Waals surface area contributed by atoms with E-state index in [2.05, 4.69) is 31.3 Å². The van der Waals surface area contributed by atoms with Gasteiger partial charge in [0.1, 0.15) is 0 Å². The summed E-state index contributed by atoms with van der Waals surface area (Å²) in [5.74, 6) is -0.0211. The molecule has 1 amide bonds. The average molecular weight is 975 g/mol. The lowest BCUT2D eigenvalue weighted by molar-refractivity contribution is -0.143. The van der Waals surface area contributed by atoms with Crippen molar-refractivity contribution in [3.05, 3.63) is 12.2 Å². The van der Waals surface area contributed by atoms with Crippen LogP contribution in [0.5, 0.6) is 0 Å². The summed E-state index contributed by atoms with van der Waals surface area (Å²) in [6.07, 6.45) is 71.0. The Morgan fingerprint density at radius 2 is 0.696 bits per heavy atom. The van der Waals surface area contributed by atoms with Gasteiger partial charge in [-0.1, -0.05) is 309 Å². The second kappa shape index (κ2) is 59.2. The number of carbonyl (C=O) groups is 2. The van der Waals surface area contributed by atoms with Crippen molar-refractivity contribution in [2.75, 3.05) is 13.2 Å². The molecule has 0 aliphatic heterocycles. The molecule has 410 valence electrons. The van der Waals surface area contributed by atoms with Crippen LogP contribution in [-0.2, 0) is 14.3 Å². The molecule has 3 N–H and O–H groups in total. The Bertz CT molecular complexity index is 1030. The number of amides is 1. The number of rotatable bonds is 59. The molecule has 6 nitrogen and oxygen atoms in total. The maximum atomic E-state index is 12.4. The Labute approximate surface area is 431 Å². The molecule has 0 bridgehead atoms. The number of hydrogen-bond acceptors (Lipinski definition) is 5. The molecule has 0 rings (SSSR count). The molecule has 0 saturated heterocycles. The standard InChI is InChI=1S/C63H123NO5/c1-3-5-7-9-11-13-35-39-43-47-51-55-61(66)60(59-65)64-62(67)56-52-48-44-40-37-33-31-29-27-25-23-21-19-17-15-16-18-20-22-24-26-28-30-32-34-38-42-46-50-54-58-69-63(68)57-53-49-45-41-36-14-12-10-8-6-4-2/h10,12,60-61,65-66H,3-9,11,13-59H2,1-2H3,(H,64,67)/b12-10-. The smallest absolute Gasteiger partial charge is 0.305 e. The van der Waals surface area contributed by atoms with Crippen molar-refractivity contribution in [1.29, 1.82) is 0 Å². The third kappa shape index (κ3) is 55.8. The van der Waals surface area contributed by atoms with E-state index in [1.807, 2.05) is 0 Å². The number of allylic oxidation sites excluding steroid dienone is 2. The average Bonchev–Trinajstić information content (AvgIpc) is 3.35. The molecule has 0 aromatic carbocycles. The van der Waals surface area contributed by atoms with Gasteiger partial charge in [0.05, 0.1) is 25.4 Å². The van der Waals surface area contributed by atoms with E-state index in [0.29, 0.717) is 25.9 Å². The summed E-state index contributed by atoms with van der Waals surface area (Å²) in [4.78, 5) is 24.4. The second-order valence-electron chi connectivity index (χ2n) is 21.7. The number of nitrogens with one attached hydrogen (secondary N) is 1. The van der Waals surface area contributed by atoms with Gasteiger partial charge in [-0.3, -0.25) is 9.59 Å². The molecule has 0 heterocycles. The van der Waals surface area contributed by atoms with E-state index in [4.69, 9.17) is 4.74 Å². The summed E-state index contributed by atoms with van der Waals surface area (Å²) in [6.45, 7) is 4.93. The van der Waals surface area contributed by atoms with Crippen molar-refractivity contribution in [2.24, 2.45) is 0 Å². The Morgan fingerprint density at radius 3 is 1.07 bits per heavy atom. The van der Waals surface area contributed by atoms with E-state index < -0.39 is 12.1 Å². The number of esters is 1. The molecule has 0 spiro atoms. The van der Waals surface area contributed by atoms with Crippen LogP contribution >= 0.6 is 0 Å². The highest BCUT2D eigenvalue weighted by Gasteiger charge is 2.20. The number of aliphatic hydroxyl groups excluding tert-OH is 2. The maximum Gasteiger partial charge on any atom is 0.305 e. The second-order valence-corrected chi connectivity index (χ2v) is 21.7. The highest BCUT2D eigenvalue weighted by molar-refractivity contribution is 5.76. The first-order chi connectivity index (χ1) is 34.0. The van der Waals surface area contributed by atoms with Gasteiger partial charge in [0.2, 0.25) is 5.91 Å². The third-order valence-corrected chi connectivity index (χ3v) is 14.8. The van der Waals surface area contributed by atoms with Crippen LogP contribution in [0.2, 0.25) is 0 Å². The Balaban J connectivity index is 3.30. The van der Waals surface area contributed by atoms with Crippen LogP contribution in [0.3, 0.4) is 0 Å². The largest absolute Gasteiger partial charge is 0.466 e. The highest BCUT2D eigenvalue weighted by atomic mass is 16.5. The minimum atomic E-state index is -0.659. The van der Waals surface area contributed by atoms with Crippen molar-refractivity contribution in [3.8, 4) is 0 Å². The number of aliphatic hydroxyl groups is 2. The molecule has 6 heteroatoms. The molecule has 0 aromatic heterocycles. The lowest BCUT2D eigenvalue weighted by atomic mass is 10.0. The molecule has 0 saturated carbocycles. The zero-order chi connectivity index (χ0) is 50.0. The maximum absolute atomic E-state index is 12.4. The summed E-state index contributed by atoms with van der Waals surface area (Å²) in [5.41, 5.74) is 0. The molecule has 0 fully saturated rings. The topological polar surface area (TPSA) is 95.9 Å². The molecule has 0 aliphatic carbocycles. The van der Waals surface area contributed by atoms with E-state index in [-0.39, 0.29) is 18.5 Å². The number of ether oxygens (including phenoxy) is 1.